The van der Waals surface area contributed by atoms with Gasteiger partial charge in [0.05, 0.1) is 19.9 Å². The number of methoxy groups -OCH3 is 2. The lowest BCUT2D eigenvalue weighted by Crippen LogP contribution is -2.12. The highest BCUT2D eigenvalue weighted by Gasteiger charge is 2.08. The Labute approximate surface area is 164 Å². The molecule has 1 N–H and O–H groups in total. The van der Waals surface area contributed by atoms with Gasteiger partial charge in [0.15, 0.2) is 11.5 Å². The molecule has 0 aromatic heterocycles. The van der Waals surface area contributed by atoms with Gasteiger partial charge in [-0.3, -0.25) is 9.79 Å². The van der Waals surface area contributed by atoms with Crippen LogP contribution in [-0.4, -0.2) is 26.3 Å². The number of aliphatic imine (C=N–C) groups is 1. The molecule has 0 heterocycles. The maximum atomic E-state index is 12.6. The van der Waals surface area contributed by atoms with Crippen molar-refractivity contribution in [1.82, 2.24) is 0 Å². The zero-order chi connectivity index (χ0) is 19.9. The molecule has 0 spiro atoms. The average molecular weight is 374 g/mol. The highest BCUT2D eigenvalue weighted by Crippen LogP contribution is 2.27. The molecular formula is C23H22N2O3. The van der Waals surface area contributed by atoms with Gasteiger partial charge in [-0.25, -0.2) is 0 Å². The molecule has 0 aliphatic carbocycles. The van der Waals surface area contributed by atoms with E-state index in [1.807, 2.05) is 61.5 Å². The van der Waals surface area contributed by atoms with Crippen LogP contribution in [0.3, 0.4) is 0 Å². The van der Waals surface area contributed by atoms with Gasteiger partial charge in [-0.05, 0) is 60.5 Å². The number of nitrogens with one attached hydrogen (secondary N) is 1. The molecule has 0 saturated carbocycles. The van der Waals surface area contributed by atoms with E-state index in [1.54, 1.807) is 32.6 Å². The second-order valence-electron chi connectivity index (χ2n) is 6.19. The molecule has 3 aromatic rings. The first kappa shape index (κ1) is 19.2. The lowest BCUT2D eigenvalue weighted by atomic mass is 10.1. The van der Waals surface area contributed by atoms with Crippen LogP contribution < -0.4 is 14.8 Å². The molecule has 0 bridgehead atoms. The van der Waals surface area contributed by atoms with Crippen molar-refractivity contribution < 1.29 is 14.3 Å². The molecule has 0 saturated heterocycles. The number of nitrogens with zero attached hydrogens (tertiary/aromatic N) is 1. The Morgan fingerprint density at radius 3 is 2.46 bits per heavy atom. The first-order valence-electron chi connectivity index (χ1n) is 8.84. The van der Waals surface area contributed by atoms with E-state index in [2.05, 4.69) is 10.3 Å². The van der Waals surface area contributed by atoms with Crippen molar-refractivity contribution in [3.8, 4) is 11.5 Å². The molecule has 5 heteroatoms. The molecule has 1 amide bonds. The molecule has 28 heavy (non-hydrogen) atoms. The number of anilines is 1. The standard InChI is InChI=1S/C23H22N2O3/c1-16-7-4-5-10-20(16)25-23(26)18-8-6-9-19(14-18)24-15-17-11-12-21(27-2)22(13-17)28-3/h4-15H,1-3H3,(H,25,26). The summed E-state index contributed by atoms with van der Waals surface area (Å²) >= 11 is 0. The van der Waals surface area contributed by atoms with Crippen LogP contribution in [0.15, 0.2) is 71.7 Å². The van der Waals surface area contributed by atoms with Crippen molar-refractivity contribution in [2.75, 3.05) is 19.5 Å². The number of hydrogen-bond acceptors (Lipinski definition) is 4. The quantitative estimate of drug-likeness (QED) is 0.617. The summed E-state index contributed by atoms with van der Waals surface area (Å²) in [5.74, 6) is 1.13. The van der Waals surface area contributed by atoms with Crippen molar-refractivity contribution in [3.63, 3.8) is 0 Å². The van der Waals surface area contributed by atoms with Crippen molar-refractivity contribution in [3.05, 3.63) is 83.4 Å². The van der Waals surface area contributed by atoms with Crippen LogP contribution in [-0.2, 0) is 0 Å². The van der Waals surface area contributed by atoms with Crippen molar-refractivity contribution in [2.45, 2.75) is 6.92 Å². The van der Waals surface area contributed by atoms with E-state index in [4.69, 9.17) is 9.47 Å². The van der Waals surface area contributed by atoms with E-state index in [-0.39, 0.29) is 5.91 Å². The monoisotopic (exact) mass is 374 g/mol. The van der Waals surface area contributed by atoms with Gasteiger partial charge in [-0.2, -0.15) is 0 Å². The Morgan fingerprint density at radius 2 is 1.71 bits per heavy atom. The van der Waals surface area contributed by atoms with Crippen molar-refractivity contribution >= 4 is 23.5 Å². The van der Waals surface area contributed by atoms with Crippen molar-refractivity contribution in [2.24, 2.45) is 4.99 Å². The Balaban J connectivity index is 1.77. The number of carbonyl (C=O) groups excluding carboxylic acids is 1. The molecule has 0 unspecified atom stereocenters. The second-order valence-corrected chi connectivity index (χ2v) is 6.19. The van der Waals surface area contributed by atoms with Crippen LogP contribution in [0.5, 0.6) is 11.5 Å². The van der Waals surface area contributed by atoms with Crippen molar-refractivity contribution in [1.29, 1.82) is 0 Å². The normalized spacial score (nSPS) is 10.7. The number of hydrogen-bond donors (Lipinski definition) is 1. The number of carbonyl (C=O) groups is 1. The van der Waals surface area contributed by atoms with Gasteiger partial charge in [0.1, 0.15) is 0 Å². The zero-order valence-corrected chi connectivity index (χ0v) is 16.1. The zero-order valence-electron chi connectivity index (χ0n) is 16.1. The summed E-state index contributed by atoms with van der Waals surface area (Å²) in [6, 6.07) is 20.4. The molecule has 142 valence electrons. The van der Waals surface area contributed by atoms with Gasteiger partial charge in [-0.1, -0.05) is 24.3 Å². The first-order valence-corrected chi connectivity index (χ1v) is 8.84. The summed E-state index contributed by atoms with van der Waals surface area (Å²) in [7, 11) is 3.19. The van der Waals surface area contributed by atoms with Gasteiger partial charge in [0, 0.05) is 17.5 Å². The summed E-state index contributed by atoms with van der Waals surface area (Å²) in [6.07, 6.45) is 1.72. The van der Waals surface area contributed by atoms with Crippen LogP contribution in [0.1, 0.15) is 21.5 Å². The number of aryl methyl sites for hydroxylation is 1. The number of para-hydroxylation sites is 1. The molecular weight excluding hydrogens is 352 g/mol. The van der Waals surface area contributed by atoms with Crippen LogP contribution in [0.25, 0.3) is 0 Å². The fraction of sp³-hybridized carbons (Fsp3) is 0.130. The SMILES string of the molecule is COc1ccc(C=Nc2cccc(C(=O)Nc3ccccc3C)c2)cc1OC. The summed E-state index contributed by atoms with van der Waals surface area (Å²) < 4.78 is 10.5. The molecule has 0 aliphatic heterocycles. The first-order chi connectivity index (χ1) is 13.6. The third kappa shape index (κ3) is 4.57. The minimum atomic E-state index is -0.169. The topological polar surface area (TPSA) is 59.9 Å². The van der Waals surface area contributed by atoms with Gasteiger partial charge in [0.2, 0.25) is 0 Å². The van der Waals surface area contributed by atoms with Gasteiger partial charge < -0.3 is 14.8 Å². The Hall–Kier alpha value is -3.60. The van der Waals surface area contributed by atoms with Crippen LogP contribution >= 0.6 is 0 Å². The molecule has 3 aromatic carbocycles. The molecule has 0 fully saturated rings. The van der Waals surface area contributed by atoms with E-state index < -0.39 is 0 Å². The van der Waals surface area contributed by atoms with Crippen LogP contribution in [0.2, 0.25) is 0 Å². The lowest BCUT2D eigenvalue weighted by Gasteiger charge is -2.08. The smallest absolute Gasteiger partial charge is 0.255 e. The predicted octanol–water partition coefficient (Wildman–Crippen LogP) is 5.02. The van der Waals surface area contributed by atoms with E-state index in [1.165, 1.54) is 0 Å². The second kappa shape index (κ2) is 8.86. The number of rotatable bonds is 6. The molecule has 0 radical (unpaired) electrons. The van der Waals surface area contributed by atoms with Gasteiger partial charge in [0.25, 0.3) is 5.91 Å². The van der Waals surface area contributed by atoms with E-state index in [0.717, 1.165) is 16.8 Å². The fourth-order valence-corrected chi connectivity index (χ4v) is 2.72. The summed E-state index contributed by atoms with van der Waals surface area (Å²) in [5, 5.41) is 2.93. The minimum Gasteiger partial charge on any atom is -0.493 e. The van der Waals surface area contributed by atoms with Crippen LogP contribution in [0.4, 0.5) is 11.4 Å². The number of amides is 1. The highest BCUT2D eigenvalue weighted by molar-refractivity contribution is 6.05. The largest absolute Gasteiger partial charge is 0.493 e. The maximum absolute atomic E-state index is 12.6. The maximum Gasteiger partial charge on any atom is 0.255 e. The third-order valence-corrected chi connectivity index (χ3v) is 4.27. The Kier molecular flexibility index (Phi) is 6.07. The molecule has 5 nitrogen and oxygen atoms in total. The molecule has 3 rings (SSSR count). The van der Waals surface area contributed by atoms with E-state index in [9.17, 15) is 4.79 Å². The average Bonchev–Trinajstić information content (AvgIpc) is 2.73. The van der Waals surface area contributed by atoms with Gasteiger partial charge >= 0.3 is 0 Å². The number of benzene rings is 3. The predicted molar refractivity (Wildman–Crippen MR) is 112 cm³/mol. The lowest BCUT2D eigenvalue weighted by molar-refractivity contribution is 0.102. The minimum absolute atomic E-state index is 0.169. The summed E-state index contributed by atoms with van der Waals surface area (Å²) in [4.78, 5) is 17.0. The Morgan fingerprint density at radius 1 is 0.929 bits per heavy atom. The fourth-order valence-electron chi connectivity index (χ4n) is 2.72. The third-order valence-electron chi connectivity index (χ3n) is 4.27. The Bertz CT molecular complexity index is 1010. The summed E-state index contributed by atoms with van der Waals surface area (Å²) in [5.41, 5.74) is 3.91. The molecule has 0 aliphatic rings. The highest BCUT2D eigenvalue weighted by atomic mass is 16.5. The van der Waals surface area contributed by atoms with E-state index >= 15 is 0 Å². The van der Waals surface area contributed by atoms with E-state index in [0.29, 0.717) is 22.7 Å². The molecule has 0 atom stereocenters. The summed E-state index contributed by atoms with van der Waals surface area (Å²) in [6.45, 7) is 1.96. The number of ether oxygens (including phenoxy) is 2. The van der Waals surface area contributed by atoms with Crippen LogP contribution in [0, 0.1) is 6.92 Å². The van der Waals surface area contributed by atoms with Gasteiger partial charge in [-0.15, -0.1) is 0 Å².